The maximum atomic E-state index is 14.2. The molecule has 1 amide bonds. The van der Waals surface area contributed by atoms with Crippen LogP contribution in [0, 0.1) is 31.6 Å². The van der Waals surface area contributed by atoms with Gasteiger partial charge >= 0.3 is 11.9 Å². The van der Waals surface area contributed by atoms with Crippen molar-refractivity contribution in [2.45, 2.75) is 73.0 Å². The molecule has 0 fully saturated rings. The number of rotatable bonds is 20. The molecule has 316 valence electrons. The van der Waals surface area contributed by atoms with Gasteiger partial charge in [-0.15, -0.1) is 0 Å². The lowest BCUT2D eigenvalue weighted by Gasteiger charge is -2.29. The fraction of sp³-hybridized carbons (Fsp3) is 0.558. The number of aliphatic carboxylic acids is 2. The number of ether oxygens (including phenoxy) is 4. The summed E-state index contributed by atoms with van der Waals surface area (Å²) in [6.45, 7) is 12.7. The van der Waals surface area contributed by atoms with E-state index < -0.39 is 29.8 Å². The van der Waals surface area contributed by atoms with E-state index in [0.29, 0.717) is 68.8 Å². The zero-order chi connectivity index (χ0) is 42.1. The molecule has 2 aromatic rings. The number of aliphatic hydroxyl groups excluding tert-OH is 1. The molecular weight excluding hydrogens is 746 g/mol. The van der Waals surface area contributed by atoms with Gasteiger partial charge in [-0.2, -0.15) is 0 Å². The van der Waals surface area contributed by atoms with E-state index in [0.717, 1.165) is 44.3 Å². The van der Waals surface area contributed by atoms with Crippen molar-refractivity contribution in [2.24, 2.45) is 27.7 Å². The van der Waals surface area contributed by atoms with E-state index >= 15 is 0 Å². The molecular formula is C43H59N5O10. The number of aromatic amines is 2. The quantitative estimate of drug-likeness (QED) is 0.124. The number of amides is 1. The van der Waals surface area contributed by atoms with Gasteiger partial charge in [0.1, 0.15) is 0 Å². The Kier molecular flexibility index (Phi) is 15.6. The number of carboxylic acid groups (broad SMARTS) is 2. The highest BCUT2D eigenvalue weighted by Gasteiger charge is 2.45. The first-order valence-electron chi connectivity index (χ1n) is 20.0. The maximum Gasteiger partial charge on any atom is 0.334 e. The standard InChI is InChI=1S/C43H59N5O10/c1-8-28-24(2)33-21-37-31(23-49)26(4)32(45-37)20-34-25(3)29(9-10-39(51)52)41(46-34)30(42-40(43(53)54)27(5)35(47-42)22-36(28)44-33)19-38(50)48(6)11-12-56-15-16-58-18-17-57-14-13-55-7/h20-22,25,29-30,42,44-45,49H,8-19,23H2,1-7H3,(H,51,52)(H,53,54)/b33-21-,34-20-,36-22-/t25?,29-,30?,42?/m0/s1. The number of hydrogen-bond acceptors (Lipinski definition) is 10. The largest absolute Gasteiger partial charge is 0.481 e. The Balaban J connectivity index is 1.54. The Morgan fingerprint density at radius 1 is 0.845 bits per heavy atom. The van der Waals surface area contributed by atoms with Crippen molar-refractivity contribution >= 4 is 47.5 Å². The monoisotopic (exact) mass is 805 g/mol. The van der Waals surface area contributed by atoms with Gasteiger partial charge in [0.2, 0.25) is 5.91 Å². The summed E-state index contributed by atoms with van der Waals surface area (Å²) in [6.07, 6.45) is 6.45. The van der Waals surface area contributed by atoms with Gasteiger partial charge in [0.25, 0.3) is 0 Å². The molecule has 3 aliphatic heterocycles. The number of allylic oxidation sites excluding steroid dienone is 2. The van der Waals surface area contributed by atoms with Crippen molar-refractivity contribution in [3.05, 3.63) is 61.2 Å². The predicted molar refractivity (Wildman–Crippen MR) is 220 cm³/mol. The van der Waals surface area contributed by atoms with Crippen LogP contribution in [0.5, 0.6) is 0 Å². The molecule has 0 radical (unpaired) electrons. The molecule has 58 heavy (non-hydrogen) atoms. The normalized spacial score (nSPS) is 22.1. The summed E-state index contributed by atoms with van der Waals surface area (Å²) in [4.78, 5) is 58.1. The van der Waals surface area contributed by atoms with Crippen LogP contribution in [0.3, 0.4) is 0 Å². The number of aliphatic hydroxyl groups is 1. The molecule has 5 heterocycles. The van der Waals surface area contributed by atoms with Gasteiger partial charge in [-0.1, -0.05) is 13.8 Å². The number of nitrogens with zero attached hydrogens (tertiary/aromatic N) is 3. The number of likely N-dealkylation sites (N-methyl/N-ethyl adjacent to an activating group) is 1. The minimum atomic E-state index is -1.14. The Hall–Kier alpha value is -4.67. The van der Waals surface area contributed by atoms with Gasteiger partial charge in [0, 0.05) is 90.4 Å². The second kappa shape index (κ2) is 20.3. The number of carbonyl (C=O) groups excluding carboxylic acids is 1. The Bertz CT molecular complexity index is 2090. The summed E-state index contributed by atoms with van der Waals surface area (Å²) in [5.74, 6) is -3.83. The Labute approximate surface area is 339 Å². The van der Waals surface area contributed by atoms with Crippen molar-refractivity contribution in [1.29, 1.82) is 0 Å². The number of H-pyrrole nitrogens is 2. The Morgan fingerprint density at radius 2 is 1.52 bits per heavy atom. The fourth-order valence-corrected chi connectivity index (χ4v) is 8.10. The minimum Gasteiger partial charge on any atom is -0.481 e. The van der Waals surface area contributed by atoms with Gasteiger partial charge < -0.3 is 49.1 Å². The van der Waals surface area contributed by atoms with Crippen LogP contribution in [0.2, 0.25) is 0 Å². The van der Waals surface area contributed by atoms with E-state index in [1.54, 1.807) is 26.0 Å². The van der Waals surface area contributed by atoms with Crippen LogP contribution >= 0.6 is 0 Å². The molecule has 3 unspecified atom stereocenters. The molecule has 8 bridgehead atoms. The van der Waals surface area contributed by atoms with Crippen LogP contribution in [0.1, 0.15) is 73.7 Å². The second-order valence-corrected chi connectivity index (χ2v) is 15.1. The first-order chi connectivity index (χ1) is 27.8. The summed E-state index contributed by atoms with van der Waals surface area (Å²) >= 11 is 0. The summed E-state index contributed by atoms with van der Waals surface area (Å²) in [7, 11) is 3.29. The predicted octanol–water partition coefficient (Wildman–Crippen LogP) is 2.94. The van der Waals surface area contributed by atoms with Crippen LogP contribution in [-0.4, -0.2) is 132 Å². The number of nitrogens with one attached hydrogen (secondary N) is 2. The van der Waals surface area contributed by atoms with E-state index in [9.17, 15) is 29.7 Å². The van der Waals surface area contributed by atoms with Crippen LogP contribution in [0.4, 0.5) is 0 Å². The maximum absolute atomic E-state index is 14.2. The summed E-state index contributed by atoms with van der Waals surface area (Å²) in [6, 6.07) is -0.967. The summed E-state index contributed by atoms with van der Waals surface area (Å²) in [5.41, 5.74) is 7.42. The third kappa shape index (κ3) is 10.1. The lowest BCUT2D eigenvalue weighted by Crippen LogP contribution is -2.39. The number of fused-ring (bicyclic) bond motifs is 6. The minimum absolute atomic E-state index is 0.0818. The molecule has 15 nitrogen and oxygen atoms in total. The number of carbonyl (C=O) groups is 3. The molecule has 0 saturated heterocycles. The number of aromatic nitrogens is 2. The SMILES string of the molecule is CCc1c(C)/c2[nH]/c1=C\C1=NC(C(C(=O)O)=C1C)C(CC(=O)N(C)CCOCCOCCOCCOC)C1=N/C(=C\c3[nH]c(c(CO)c3C)\C=2)C(C)[C@@H]1CCC(=O)O. The highest BCUT2D eigenvalue weighted by atomic mass is 16.6. The van der Waals surface area contributed by atoms with Crippen molar-refractivity contribution < 1.29 is 48.7 Å². The zero-order valence-corrected chi connectivity index (χ0v) is 34.8. The van der Waals surface area contributed by atoms with Crippen molar-refractivity contribution in [2.75, 3.05) is 67.0 Å². The van der Waals surface area contributed by atoms with E-state index in [1.807, 2.05) is 39.0 Å². The van der Waals surface area contributed by atoms with Crippen molar-refractivity contribution in [1.82, 2.24) is 14.9 Å². The van der Waals surface area contributed by atoms with E-state index in [4.69, 9.17) is 28.9 Å². The number of aliphatic imine (C=N–C) groups is 2. The molecule has 15 heteroatoms. The summed E-state index contributed by atoms with van der Waals surface area (Å²) < 4.78 is 21.6. The van der Waals surface area contributed by atoms with E-state index in [1.165, 1.54) is 0 Å². The number of hydrogen-bond donors (Lipinski definition) is 5. The topological polar surface area (TPSA) is 208 Å². The summed E-state index contributed by atoms with van der Waals surface area (Å²) in [5, 5.41) is 32.7. The molecule has 0 aliphatic carbocycles. The fourth-order valence-electron chi connectivity index (χ4n) is 8.10. The van der Waals surface area contributed by atoms with Gasteiger partial charge in [-0.05, 0) is 74.1 Å². The third-order valence-electron chi connectivity index (χ3n) is 11.6. The smallest absolute Gasteiger partial charge is 0.334 e. The third-order valence-corrected chi connectivity index (χ3v) is 11.6. The van der Waals surface area contributed by atoms with Crippen molar-refractivity contribution in [3.63, 3.8) is 0 Å². The number of carboxylic acids is 2. The molecule has 0 saturated carbocycles. The van der Waals surface area contributed by atoms with Crippen LogP contribution in [0.15, 0.2) is 26.8 Å². The van der Waals surface area contributed by atoms with Gasteiger partial charge in [-0.3, -0.25) is 19.6 Å². The highest BCUT2D eigenvalue weighted by Crippen LogP contribution is 2.42. The molecule has 0 aromatic carbocycles. The average molecular weight is 806 g/mol. The average Bonchev–Trinajstić information content (AvgIpc) is 3.87. The first-order valence-corrected chi connectivity index (χ1v) is 20.0. The van der Waals surface area contributed by atoms with E-state index in [2.05, 4.69) is 16.9 Å². The molecule has 2 aromatic heterocycles. The van der Waals surface area contributed by atoms with Crippen molar-refractivity contribution in [3.8, 4) is 0 Å². The van der Waals surface area contributed by atoms with Gasteiger partial charge in [0.15, 0.2) is 0 Å². The molecule has 3 aliphatic rings. The lowest BCUT2D eigenvalue weighted by atomic mass is 9.76. The molecule has 5 N–H and O–H groups in total. The first kappa shape index (κ1) is 44.4. The molecule has 4 atom stereocenters. The van der Waals surface area contributed by atoms with Crippen LogP contribution in [-0.2, 0) is 46.4 Å². The van der Waals surface area contributed by atoms with Crippen LogP contribution in [0.25, 0.3) is 18.2 Å². The molecule has 5 rings (SSSR count). The zero-order valence-electron chi connectivity index (χ0n) is 34.8. The lowest BCUT2D eigenvalue weighted by molar-refractivity contribution is -0.137. The van der Waals surface area contributed by atoms with Gasteiger partial charge in [0.05, 0.1) is 70.2 Å². The number of methoxy groups -OCH3 is 1. The molecule has 0 spiro atoms. The van der Waals surface area contributed by atoms with Crippen LogP contribution < -0.4 is 10.7 Å². The highest BCUT2D eigenvalue weighted by molar-refractivity contribution is 6.25. The van der Waals surface area contributed by atoms with E-state index in [-0.39, 0.29) is 56.4 Å². The van der Waals surface area contributed by atoms with Gasteiger partial charge in [-0.25, -0.2) is 4.79 Å². The second-order valence-electron chi connectivity index (χ2n) is 15.1. The Morgan fingerprint density at radius 3 is 2.14 bits per heavy atom.